The van der Waals surface area contributed by atoms with Gasteiger partial charge in [-0.3, -0.25) is 0 Å². The van der Waals surface area contributed by atoms with Gasteiger partial charge in [0.1, 0.15) is 0 Å². The number of carboxylic acids is 1. The van der Waals surface area contributed by atoms with E-state index in [4.69, 9.17) is 5.11 Å². The van der Waals surface area contributed by atoms with E-state index in [1.807, 2.05) is 0 Å². The molecule has 0 atom stereocenters. The third-order valence-corrected chi connectivity index (χ3v) is 1.45. The zero-order chi connectivity index (χ0) is 8.81. The van der Waals surface area contributed by atoms with Crippen LogP contribution in [0.25, 0.3) is 0 Å². The van der Waals surface area contributed by atoms with E-state index in [9.17, 15) is 4.79 Å². The number of hydrogen-bond donors (Lipinski definition) is 1. The Morgan fingerprint density at radius 3 is 3.25 bits per heavy atom. The van der Waals surface area contributed by atoms with Gasteiger partial charge in [-0.25, -0.2) is 9.78 Å². The van der Waals surface area contributed by atoms with Crippen molar-refractivity contribution in [2.45, 2.75) is 0 Å². The third-order valence-electron chi connectivity index (χ3n) is 0.791. The molecule has 0 amide bonds. The van der Waals surface area contributed by atoms with E-state index in [1.54, 1.807) is 11.6 Å². The van der Waals surface area contributed by atoms with Crippen LogP contribution in [0.5, 0.6) is 0 Å². The van der Waals surface area contributed by atoms with Crippen LogP contribution in [0.1, 0.15) is 0 Å². The molecule has 1 aromatic heterocycles. The van der Waals surface area contributed by atoms with E-state index in [0.717, 1.165) is 0 Å². The van der Waals surface area contributed by atoms with Gasteiger partial charge in [-0.1, -0.05) is 5.11 Å². The maximum atomic E-state index is 9.92. The van der Waals surface area contributed by atoms with E-state index in [2.05, 4.69) is 20.2 Å². The summed E-state index contributed by atoms with van der Waals surface area (Å²) in [5, 5.41) is 16.9. The lowest BCUT2D eigenvalue weighted by Crippen LogP contribution is -2.02. The highest BCUT2D eigenvalue weighted by Gasteiger charge is 1.94. The summed E-state index contributed by atoms with van der Waals surface area (Å²) < 4.78 is 0. The Morgan fingerprint density at radius 2 is 2.67 bits per heavy atom. The van der Waals surface area contributed by atoms with Gasteiger partial charge in [0, 0.05) is 16.9 Å². The lowest BCUT2D eigenvalue weighted by molar-refractivity contribution is -0.142. The molecule has 1 heterocycles. The molecule has 12 heavy (non-hydrogen) atoms. The van der Waals surface area contributed by atoms with Crippen molar-refractivity contribution in [3.63, 3.8) is 0 Å². The minimum atomic E-state index is -1.09. The molecule has 0 fully saturated rings. The van der Waals surface area contributed by atoms with Crippen LogP contribution in [0, 0.1) is 0 Å². The Kier molecular flexibility index (Phi) is 3.15. The number of thiazole rings is 1. The standard InChI is InChI=1S/C5H5N3O3S/c9-4(10)3-11-8-7-5-6-1-2-12-5/h1-2H,3H2,(H,9,10). The molecule has 7 heteroatoms. The zero-order valence-corrected chi connectivity index (χ0v) is 6.69. The van der Waals surface area contributed by atoms with Gasteiger partial charge in [0.25, 0.3) is 0 Å². The van der Waals surface area contributed by atoms with Crippen LogP contribution < -0.4 is 0 Å². The summed E-state index contributed by atoms with van der Waals surface area (Å²) in [7, 11) is 0. The van der Waals surface area contributed by atoms with E-state index in [-0.39, 0.29) is 0 Å². The van der Waals surface area contributed by atoms with Crippen molar-refractivity contribution in [1.29, 1.82) is 0 Å². The Bertz CT molecular complexity index is 271. The monoisotopic (exact) mass is 187 g/mol. The van der Waals surface area contributed by atoms with Crippen molar-refractivity contribution in [3.8, 4) is 0 Å². The lowest BCUT2D eigenvalue weighted by atomic mass is 10.8. The fourth-order valence-corrected chi connectivity index (χ4v) is 0.859. The zero-order valence-electron chi connectivity index (χ0n) is 5.88. The van der Waals surface area contributed by atoms with Gasteiger partial charge in [-0.05, 0) is 0 Å². The quantitative estimate of drug-likeness (QED) is 0.567. The summed E-state index contributed by atoms with van der Waals surface area (Å²) in [5.41, 5.74) is 0. The number of carboxylic acid groups (broad SMARTS) is 1. The van der Waals surface area contributed by atoms with E-state index in [1.165, 1.54) is 11.3 Å². The summed E-state index contributed by atoms with van der Waals surface area (Å²) in [6.07, 6.45) is 1.57. The summed E-state index contributed by atoms with van der Waals surface area (Å²) in [6, 6.07) is 0. The Morgan fingerprint density at radius 1 is 1.83 bits per heavy atom. The Labute approximate surface area is 71.5 Å². The van der Waals surface area contributed by atoms with Gasteiger partial charge in [-0.15, -0.1) is 11.3 Å². The predicted octanol–water partition coefficient (Wildman–Crippen LogP) is 1.24. The predicted molar refractivity (Wildman–Crippen MR) is 40.2 cm³/mol. The largest absolute Gasteiger partial charge is 0.479 e. The number of hydrogen-bond acceptors (Lipinski definition) is 6. The molecule has 1 rings (SSSR count). The fraction of sp³-hybridized carbons (Fsp3) is 0.200. The van der Waals surface area contributed by atoms with Crippen molar-refractivity contribution >= 4 is 22.4 Å². The van der Waals surface area contributed by atoms with Crippen molar-refractivity contribution in [1.82, 2.24) is 4.98 Å². The van der Waals surface area contributed by atoms with E-state index < -0.39 is 12.6 Å². The van der Waals surface area contributed by atoms with Gasteiger partial charge in [0.2, 0.25) is 11.7 Å². The molecule has 0 saturated heterocycles. The molecule has 0 aliphatic rings. The molecule has 6 nitrogen and oxygen atoms in total. The minimum absolute atomic E-state index is 0.431. The molecule has 0 radical (unpaired) electrons. The maximum absolute atomic E-state index is 9.92. The molecule has 0 unspecified atom stereocenters. The molecule has 64 valence electrons. The smallest absolute Gasteiger partial charge is 0.344 e. The fourth-order valence-electron chi connectivity index (χ4n) is 0.413. The average molecular weight is 187 g/mol. The highest BCUT2D eigenvalue weighted by atomic mass is 32.1. The van der Waals surface area contributed by atoms with Gasteiger partial charge >= 0.3 is 5.97 Å². The van der Waals surface area contributed by atoms with Crippen LogP contribution in [0.15, 0.2) is 22.0 Å². The second kappa shape index (κ2) is 4.39. The number of aliphatic carboxylic acids is 1. The Balaban J connectivity index is 2.27. The molecule has 0 bridgehead atoms. The van der Waals surface area contributed by atoms with Gasteiger partial charge in [-0.2, -0.15) is 0 Å². The molecule has 0 aliphatic heterocycles. The van der Waals surface area contributed by atoms with E-state index >= 15 is 0 Å². The number of aromatic nitrogens is 1. The molecule has 0 aliphatic carbocycles. The van der Waals surface area contributed by atoms with E-state index in [0.29, 0.717) is 5.13 Å². The normalized spacial score (nSPS) is 10.3. The summed E-state index contributed by atoms with van der Waals surface area (Å²) in [6.45, 7) is -0.491. The molecular weight excluding hydrogens is 182 g/mol. The van der Waals surface area contributed by atoms with Gasteiger partial charge in [0.05, 0.1) is 0 Å². The first-order valence-electron chi connectivity index (χ1n) is 2.93. The van der Waals surface area contributed by atoms with Crippen molar-refractivity contribution < 1.29 is 14.7 Å². The number of rotatable bonds is 4. The molecule has 0 spiro atoms. The second-order valence-electron chi connectivity index (χ2n) is 1.66. The first kappa shape index (κ1) is 8.60. The van der Waals surface area contributed by atoms with Crippen molar-refractivity contribution in [2.75, 3.05) is 6.61 Å². The molecule has 0 aromatic carbocycles. The first-order valence-corrected chi connectivity index (χ1v) is 3.81. The van der Waals surface area contributed by atoms with Crippen LogP contribution in [0.4, 0.5) is 5.13 Å². The topological polar surface area (TPSA) is 84.1 Å². The number of carbonyl (C=O) groups is 1. The second-order valence-corrected chi connectivity index (χ2v) is 2.54. The lowest BCUT2D eigenvalue weighted by Gasteiger charge is -1.88. The highest BCUT2D eigenvalue weighted by Crippen LogP contribution is 2.14. The molecule has 1 aromatic rings. The Hall–Kier alpha value is -1.50. The average Bonchev–Trinajstić information content (AvgIpc) is 2.49. The van der Waals surface area contributed by atoms with Gasteiger partial charge in [0.15, 0.2) is 0 Å². The van der Waals surface area contributed by atoms with Crippen LogP contribution in [0.3, 0.4) is 0 Å². The number of nitrogens with zero attached hydrogens (tertiary/aromatic N) is 3. The summed E-state index contributed by atoms with van der Waals surface area (Å²) >= 11 is 1.28. The van der Waals surface area contributed by atoms with Crippen LogP contribution in [-0.4, -0.2) is 22.7 Å². The molecule has 0 saturated carbocycles. The molecular formula is C5H5N3O3S. The van der Waals surface area contributed by atoms with Crippen molar-refractivity contribution in [2.24, 2.45) is 10.4 Å². The first-order chi connectivity index (χ1) is 5.79. The summed E-state index contributed by atoms with van der Waals surface area (Å²) in [5.74, 6) is -1.09. The third kappa shape index (κ3) is 3.06. The SMILES string of the molecule is O=C(O)CON=Nc1nccs1. The van der Waals surface area contributed by atoms with Crippen LogP contribution in [-0.2, 0) is 9.63 Å². The molecule has 1 N–H and O–H groups in total. The minimum Gasteiger partial charge on any atom is -0.479 e. The van der Waals surface area contributed by atoms with Crippen molar-refractivity contribution in [3.05, 3.63) is 11.6 Å². The van der Waals surface area contributed by atoms with Crippen LogP contribution >= 0.6 is 11.3 Å². The van der Waals surface area contributed by atoms with Crippen LogP contribution in [0.2, 0.25) is 0 Å². The summed E-state index contributed by atoms with van der Waals surface area (Å²) in [4.78, 5) is 18.0. The van der Waals surface area contributed by atoms with Gasteiger partial charge < -0.3 is 9.94 Å². The highest BCUT2D eigenvalue weighted by molar-refractivity contribution is 7.13. The maximum Gasteiger partial charge on any atom is 0.344 e.